The summed E-state index contributed by atoms with van der Waals surface area (Å²) in [5.74, 6) is -1.81. The number of fused-ring (bicyclic) bond motifs is 1. The lowest BCUT2D eigenvalue weighted by molar-refractivity contribution is -0.146. The van der Waals surface area contributed by atoms with E-state index in [-0.39, 0.29) is 29.2 Å². The van der Waals surface area contributed by atoms with Crippen LogP contribution >= 0.6 is 11.6 Å². The Bertz CT molecular complexity index is 1300. The quantitative estimate of drug-likeness (QED) is 0.465. The van der Waals surface area contributed by atoms with Gasteiger partial charge in [-0.3, -0.25) is 14.4 Å². The van der Waals surface area contributed by atoms with Gasteiger partial charge in [-0.25, -0.2) is 4.79 Å². The maximum atomic E-state index is 13.8. The van der Waals surface area contributed by atoms with Gasteiger partial charge in [-0.15, -0.1) is 0 Å². The molecule has 2 aromatic rings. The van der Waals surface area contributed by atoms with E-state index in [1.165, 1.54) is 7.11 Å². The van der Waals surface area contributed by atoms with Gasteiger partial charge in [0.2, 0.25) is 11.8 Å². The van der Waals surface area contributed by atoms with Gasteiger partial charge in [-0.1, -0.05) is 36.9 Å². The van der Waals surface area contributed by atoms with Crippen molar-refractivity contribution < 1.29 is 23.9 Å². The molecule has 3 atom stereocenters. The molecule has 39 heavy (non-hydrogen) atoms. The van der Waals surface area contributed by atoms with E-state index in [2.05, 4.69) is 15.6 Å². The van der Waals surface area contributed by atoms with Crippen LogP contribution in [-0.4, -0.2) is 64.9 Å². The molecule has 3 unspecified atom stereocenters. The Morgan fingerprint density at radius 3 is 2.56 bits per heavy atom. The molecular formula is C29H37ClN4O5. The highest BCUT2D eigenvalue weighted by Crippen LogP contribution is 2.47. The molecule has 3 aliphatic rings. The first-order valence-corrected chi connectivity index (χ1v) is 14.2. The zero-order valence-electron chi connectivity index (χ0n) is 22.8. The average Bonchev–Trinajstić information content (AvgIpc) is 3.55. The molecular weight excluding hydrogens is 520 g/mol. The van der Waals surface area contributed by atoms with Gasteiger partial charge in [0.15, 0.2) is 0 Å². The molecule has 2 aliphatic heterocycles. The van der Waals surface area contributed by atoms with Crippen LogP contribution in [0.15, 0.2) is 24.3 Å². The number of carbonyl (C=O) groups excluding carboxylic acids is 4. The second kappa shape index (κ2) is 10.5. The van der Waals surface area contributed by atoms with Gasteiger partial charge in [0.25, 0.3) is 5.91 Å². The number of halogens is 1. The van der Waals surface area contributed by atoms with E-state index in [1.54, 1.807) is 23.1 Å². The number of benzene rings is 1. The van der Waals surface area contributed by atoms with Gasteiger partial charge in [0.1, 0.15) is 17.8 Å². The van der Waals surface area contributed by atoms with Crippen molar-refractivity contribution in [3.63, 3.8) is 0 Å². The molecule has 5 rings (SSSR count). The van der Waals surface area contributed by atoms with Crippen molar-refractivity contribution in [3.8, 4) is 0 Å². The first-order valence-electron chi connectivity index (χ1n) is 13.8. The molecule has 0 radical (unpaired) electrons. The molecule has 3 N–H and O–H groups in total. The largest absolute Gasteiger partial charge is 0.467 e. The highest BCUT2D eigenvalue weighted by Gasteiger charge is 2.50. The van der Waals surface area contributed by atoms with E-state index in [9.17, 15) is 19.2 Å². The monoisotopic (exact) mass is 556 g/mol. The van der Waals surface area contributed by atoms with Crippen molar-refractivity contribution >= 4 is 46.2 Å². The number of ether oxygens (including phenoxy) is 1. The van der Waals surface area contributed by atoms with Crippen LogP contribution in [-0.2, 0) is 19.1 Å². The number of rotatable bonds is 6. The van der Waals surface area contributed by atoms with Crippen LogP contribution in [0.25, 0.3) is 10.9 Å². The van der Waals surface area contributed by atoms with Crippen molar-refractivity contribution in [2.45, 2.75) is 82.8 Å². The third-order valence-electron chi connectivity index (χ3n) is 8.71. The summed E-state index contributed by atoms with van der Waals surface area (Å²) < 4.78 is 4.99. The van der Waals surface area contributed by atoms with Gasteiger partial charge in [0.05, 0.1) is 7.11 Å². The number of hydrogen-bond acceptors (Lipinski definition) is 5. The third kappa shape index (κ3) is 5.64. The molecule has 210 valence electrons. The lowest BCUT2D eigenvalue weighted by Crippen LogP contribution is -2.51. The molecule has 2 saturated heterocycles. The van der Waals surface area contributed by atoms with E-state index in [1.807, 2.05) is 19.9 Å². The van der Waals surface area contributed by atoms with Crippen molar-refractivity contribution in [2.24, 2.45) is 11.3 Å². The molecule has 1 aliphatic carbocycles. The maximum absolute atomic E-state index is 13.8. The minimum atomic E-state index is -0.984. The number of nitrogens with one attached hydrogen (secondary N) is 3. The predicted molar refractivity (Wildman–Crippen MR) is 147 cm³/mol. The number of carbonyl (C=O) groups is 4. The minimum absolute atomic E-state index is 0.124. The van der Waals surface area contributed by atoms with Crippen LogP contribution in [0, 0.1) is 11.3 Å². The summed E-state index contributed by atoms with van der Waals surface area (Å²) >= 11 is 6.14. The third-order valence-corrected chi connectivity index (χ3v) is 8.95. The van der Waals surface area contributed by atoms with Crippen molar-refractivity contribution in [3.05, 3.63) is 35.0 Å². The average molecular weight is 557 g/mol. The number of aromatic amines is 1. The van der Waals surface area contributed by atoms with E-state index < -0.39 is 29.9 Å². The molecule has 0 bridgehead atoms. The Morgan fingerprint density at radius 2 is 1.90 bits per heavy atom. The van der Waals surface area contributed by atoms with Crippen LogP contribution < -0.4 is 10.6 Å². The SMILES string of the molecule is COC(=O)C(CC1CC(C)(C)NC1=O)NC(=O)C1CC2(CCCCC2)CN1C(=O)c1cc2ccc(Cl)cc2[nH]1. The second-order valence-electron chi connectivity index (χ2n) is 12.2. The number of nitrogens with zero attached hydrogens (tertiary/aromatic N) is 1. The van der Waals surface area contributed by atoms with E-state index in [0.717, 1.165) is 43.0 Å². The Labute approximate surface area is 233 Å². The molecule has 3 amide bonds. The maximum Gasteiger partial charge on any atom is 0.328 e. The molecule has 10 heteroatoms. The number of amides is 3. The first kappa shape index (κ1) is 27.5. The van der Waals surface area contributed by atoms with Crippen LogP contribution in [0.4, 0.5) is 0 Å². The summed E-state index contributed by atoms with van der Waals surface area (Å²) in [6.07, 6.45) is 6.44. The standard InChI is InChI=1S/C29H37ClN4O5/c1-28(2)14-18(24(35)33-28)12-22(27(38)39-3)32-25(36)23-15-29(9-5-4-6-10-29)16-34(23)26(37)21-11-17-7-8-19(30)13-20(17)31-21/h7-8,11,13,18,22-23,31H,4-6,9-10,12,14-16H2,1-3H3,(H,32,36)(H,33,35). The number of esters is 1. The number of H-pyrrole nitrogens is 1. The number of likely N-dealkylation sites (tertiary alicyclic amines) is 1. The smallest absolute Gasteiger partial charge is 0.328 e. The van der Waals surface area contributed by atoms with E-state index in [4.69, 9.17) is 16.3 Å². The number of methoxy groups -OCH3 is 1. The molecule has 9 nitrogen and oxygen atoms in total. The fourth-order valence-electron chi connectivity index (χ4n) is 6.83. The van der Waals surface area contributed by atoms with Crippen LogP contribution in [0.5, 0.6) is 0 Å². The lowest BCUT2D eigenvalue weighted by atomic mass is 9.72. The summed E-state index contributed by atoms with van der Waals surface area (Å²) in [7, 11) is 1.27. The molecule has 3 fully saturated rings. The predicted octanol–water partition coefficient (Wildman–Crippen LogP) is 3.95. The molecule has 1 spiro atoms. The van der Waals surface area contributed by atoms with Gasteiger partial charge in [-0.05, 0) is 69.6 Å². The highest BCUT2D eigenvalue weighted by molar-refractivity contribution is 6.31. The second-order valence-corrected chi connectivity index (χ2v) is 12.7. The lowest BCUT2D eigenvalue weighted by Gasteiger charge is -2.32. The molecule has 1 aromatic carbocycles. The Balaban J connectivity index is 1.39. The van der Waals surface area contributed by atoms with Gasteiger partial charge < -0.3 is 25.3 Å². The summed E-state index contributed by atoms with van der Waals surface area (Å²) in [5, 5.41) is 7.23. The van der Waals surface area contributed by atoms with Crippen LogP contribution in [0.1, 0.15) is 75.7 Å². The number of aromatic nitrogens is 1. The summed E-state index contributed by atoms with van der Waals surface area (Å²) in [4.78, 5) is 57.7. The minimum Gasteiger partial charge on any atom is -0.467 e. The zero-order valence-corrected chi connectivity index (χ0v) is 23.5. The van der Waals surface area contributed by atoms with Crippen LogP contribution in [0.3, 0.4) is 0 Å². The Hall–Kier alpha value is -3.07. The molecule has 1 aromatic heterocycles. The molecule has 1 saturated carbocycles. The topological polar surface area (TPSA) is 121 Å². The van der Waals surface area contributed by atoms with Gasteiger partial charge >= 0.3 is 5.97 Å². The Kier molecular flexibility index (Phi) is 7.39. The normalized spacial score (nSPS) is 24.5. The van der Waals surface area contributed by atoms with Crippen LogP contribution in [0.2, 0.25) is 5.02 Å². The summed E-state index contributed by atoms with van der Waals surface area (Å²) in [6.45, 7) is 4.35. The summed E-state index contributed by atoms with van der Waals surface area (Å²) in [5.41, 5.74) is 0.647. The van der Waals surface area contributed by atoms with Gasteiger partial charge in [-0.2, -0.15) is 0 Å². The fraction of sp³-hybridized carbons (Fsp3) is 0.586. The van der Waals surface area contributed by atoms with Crippen molar-refractivity contribution in [1.82, 2.24) is 20.5 Å². The zero-order chi connectivity index (χ0) is 27.9. The molecule has 3 heterocycles. The first-order chi connectivity index (χ1) is 18.5. The summed E-state index contributed by atoms with van der Waals surface area (Å²) in [6, 6.07) is 5.46. The van der Waals surface area contributed by atoms with E-state index >= 15 is 0 Å². The Morgan fingerprint density at radius 1 is 1.15 bits per heavy atom. The number of hydrogen-bond donors (Lipinski definition) is 3. The van der Waals surface area contributed by atoms with E-state index in [0.29, 0.717) is 30.1 Å². The highest BCUT2D eigenvalue weighted by atomic mass is 35.5. The fourth-order valence-corrected chi connectivity index (χ4v) is 7.00. The van der Waals surface area contributed by atoms with Crippen molar-refractivity contribution in [1.29, 1.82) is 0 Å². The van der Waals surface area contributed by atoms with Crippen molar-refractivity contribution in [2.75, 3.05) is 13.7 Å². The van der Waals surface area contributed by atoms with Gasteiger partial charge in [0, 0.05) is 33.9 Å².